The third kappa shape index (κ3) is 7.41. The summed E-state index contributed by atoms with van der Waals surface area (Å²) < 4.78 is 10.5. The van der Waals surface area contributed by atoms with E-state index in [1.54, 1.807) is 57.2 Å². The van der Waals surface area contributed by atoms with E-state index in [0.29, 0.717) is 11.3 Å². The molecule has 0 saturated carbocycles. The molecule has 0 fully saturated rings. The molecule has 0 aromatic heterocycles. The van der Waals surface area contributed by atoms with Crippen LogP contribution < -0.4 is 10.2 Å². The minimum absolute atomic E-state index is 0.0260. The van der Waals surface area contributed by atoms with Gasteiger partial charge in [-0.1, -0.05) is 32.9 Å². The molecule has 2 aromatic carbocycles. The van der Waals surface area contributed by atoms with Crippen molar-refractivity contribution >= 4 is 18.3 Å². The average Bonchev–Trinajstić information content (AvgIpc) is 2.61. The molecule has 29 heavy (non-hydrogen) atoms. The minimum atomic E-state index is -0.628. The smallest absolute Gasteiger partial charge is 0.428 e. The number of hydrogen-bond acceptors (Lipinski definition) is 5. The van der Waals surface area contributed by atoms with Crippen molar-refractivity contribution in [3.8, 4) is 5.75 Å². The lowest BCUT2D eigenvalue weighted by molar-refractivity contribution is 0.0529. The largest absolute Gasteiger partial charge is 0.443 e. The van der Waals surface area contributed by atoms with Gasteiger partial charge in [-0.15, -0.1) is 0 Å². The molecule has 0 aliphatic heterocycles. The van der Waals surface area contributed by atoms with Crippen LogP contribution in [-0.4, -0.2) is 23.9 Å². The van der Waals surface area contributed by atoms with Crippen LogP contribution in [-0.2, 0) is 10.2 Å². The number of carbonyl (C=O) groups excluding carboxylic acids is 2. The van der Waals surface area contributed by atoms with E-state index in [0.717, 1.165) is 11.1 Å². The molecular formula is C23H28N2O4. The normalized spacial score (nSPS) is 11.9. The van der Waals surface area contributed by atoms with Gasteiger partial charge in [-0.3, -0.25) is 0 Å². The van der Waals surface area contributed by atoms with E-state index in [9.17, 15) is 9.59 Å². The molecule has 1 N–H and O–H groups in total. The molecule has 1 amide bonds. The van der Waals surface area contributed by atoms with Crippen LogP contribution >= 0.6 is 0 Å². The Morgan fingerprint density at radius 2 is 1.48 bits per heavy atom. The van der Waals surface area contributed by atoms with Gasteiger partial charge in [0, 0.05) is 0 Å². The van der Waals surface area contributed by atoms with Gasteiger partial charge in [0.1, 0.15) is 11.4 Å². The highest BCUT2D eigenvalue weighted by Gasteiger charge is 2.16. The summed E-state index contributed by atoms with van der Waals surface area (Å²) in [6, 6.07) is 14.2. The molecule has 2 rings (SSSR count). The molecule has 0 saturated heterocycles. The molecule has 154 valence electrons. The fraction of sp³-hybridized carbons (Fsp3) is 0.348. The van der Waals surface area contributed by atoms with Crippen LogP contribution in [0.5, 0.6) is 5.75 Å². The highest BCUT2D eigenvalue weighted by atomic mass is 16.6. The molecule has 0 unspecified atom stereocenters. The van der Waals surface area contributed by atoms with Gasteiger partial charge >= 0.3 is 12.1 Å². The van der Waals surface area contributed by atoms with Crippen LogP contribution in [0.3, 0.4) is 0 Å². The number of ether oxygens (including phenoxy) is 2. The summed E-state index contributed by atoms with van der Waals surface area (Å²) in [6.07, 6.45) is 0.845. The second-order valence-electron chi connectivity index (χ2n) is 8.66. The Hall–Kier alpha value is -3.15. The predicted octanol–water partition coefficient (Wildman–Crippen LogP) is 5.06. The van der Waals surface area contributed by atoms with E-state index >= 15 is 0 Å². The maximum Gasteiger partial charge on any atom is 0.428 e. The molecule has 0 bridgehead atoms. The molecule has 0 aliphatic carbocycles. The number of carbonyl (C=O) groups is 2. The van der Waals surface area contributed by atoms with Gasteiger partial charge in [0.15, 0.2) is 0 Å². The zero-order valence-electron chi connectivity index (χ0n) is 17.8. The monoisotopic (exact) mass is 396 g/mol. The first-order valence-corrected chi connectivity index (χ1v) is 9.39. The number of esters is 1. The summed E-state index contributed by atoms with van der Waals surface area (Å²) in [6.45, 7) is 11.7. The lowest BCUT2D eigenvalue weighted by Gasteiger charge is -2.18. The third-order valence-electron chi connectivity index (χ3n) is 3.85. The Balaban J connectivity index is 1.92. The fourth-order valence-corrected chi connectivity index (χ4v) is 2.35. The standard InChI is InChI=1S/C23H28N2O4/c1-22(2,3)18-11-9-17(10-12-18)20(26)28-19-13-7-16(8-14-19)15-24-25-21(27)29-23(4,5)6/h7-15H,1-6H3,(H,25,27)/b24-15+. The first kappa shape index (κ1) is 22.1. The fourth-order valence-electron chi connectivity index (χ4n) is 2.35. The van der Waals surface area contributed by atoms with Gasteiger partial charge in [-0.05, 0) is 73.7 Å². The second-order valence-corrected chi connectivity index (χ2v) is 8.66. The topological polar surface area (TPSA) is 77.0 Å². The van der Waals surface area contributed by atoms with E-state index in [1.165, 1.54) is 6.21 Å². The van der Waals surface area contributed by atoms with Crippen LogP contribution in [0.1, 0.15) is 63.0 Å². The van der Waals surface area contributed by atoms with E-state index in [-0.39, 0.29) is 5.41 Å². The van der Waals surface area contributed by atoms with Crippen molar-refractivity contribution in [3.05, 3.63) is 65.2 Å². The number of hydrogen-bond donors (Lipinski definition) is 1. The number of nitrogens with one attached hydrogen (secondary N) is 1. The maximum absolute atomic E-state index is 12.3. The van der Waals surface area contributed by atoms with E-state index < -0.39 is 17.7 Å². The molecule has 0 heterocycles. The molecule has 0 spiro atoms. The Morgan fingerprint density at radius 3 is 2.00 bits per heavy atom. The first-order valence-electron chi connectivity index (χ1n) is 9.39. The van der Waals surface area contributed by atoms with Crippen molar-refractivity contribution in [2.24, 2.45) is 5.10 Å². The maximum atomic E-state index is 12.3. The lowest BCUT2D eigenvalue weighted by atomic mass is 9.87. The summed E-state index contributed by atoms with van der Waals surface area (Å²) in [5.41, 5.74) is 4.11. The quantitative estimate of drug-likeness (QED) is 0.339. The van der Waals surface area contributed by atoms with Crippen molar-refractivity contribution in [2.75, 3.05) is 0 Å². The Bertz CT molecular complexity index is 871. The summed E-state index contributed by atoms with van der Waals surface area (Å²) in [5.74, 6) is 0.00520. The van der Waals surface area contributed by atoms with E-state index in [1.807, 2.05) is 12.1 Å². The summed E-state index contributed by atoms with van der Waals surface area (Å²) in [4.78, 5) is 23.8. The van der Waals surface area contributed by atoms with Crippen molar-refractivity contribution < 1.29 is 19.1 Å². The number of benzene rings is 2. The minimum Gasteiger partial charge on any atom is -0.443 e. The molecule has 0 atom stereocenters. The Labute approximate surface area is 171 Å². The van der Waals surface area contributed by atoms with Gasteiger partial charge in [-0.25, -0.2) is 15.0 Å². The van der Waals surface area contributed by atoms with Crippen LogP contribution in [0.25, 0.3) is 0 Å². The highest BCUT2D eigenvalue weighted by Crippen LogP contribution is 2.22. The highest BCUT2D eigenvalue weighted by molar-refractivity contribution is 5.91. The summed E-state index contributed by atoms with van der Waals surface area (Å²) >= 11 is 0. The molecule has 0 aliphatic rings. The number of hydrazone groups is 1. The van der Waals surface area contributed by atoms with Crippen LogP contribution in [0, 0.1) is 0 Å². The summed E-state index contributed by atoms with van der Waals surface area (Å²) in [7, 11) is 0. The number of rotatable bonds is 4. The summed E-state index contributed by atoms with van der Waals surface area (Å²) in [5, 5.41) is 3.83. The number of nitrogens with zero attached hydrogens (tertiary/aromatic N) is 1. The molecular weight excluding hydrogens is 368 g/mol. The zero-order valence-corrected chi connectivity index (χ0v) is 17.8. The first-order chi connectivity index (χ1) is 13.4. The molecule has 0 radical (unpaired) electrons. The van der Waals surface area contributed by atoms with Crippen molar-refractivity contribution in [2.45, 2.75) is 52.6 Å². The van der Waals surface area contributed by atoms with E-state index in [2.05, 4.69) is 31.3 Å². The van der Waals surface area contributed by atoms with E-state index in [4.69, 9.17) is 9.47 Å². The van der Waals surface area contributed by atoms with Gasteiger partial charge in [0.25, 0.3) is 0 Å². The van der Waals surface area contributed by atoms with Crippen molar-refractivity contribution in [1.29, 1.82) is 0 Å². The Kier molecular flexibility index (Phi) is 6.80. The predicted molar refractivity (Wildman–Crippen MR) is 114 cm³/mol. The molecule has 6 nitrogen and oxygen atoms in total. The Morgan fingerprint density at radius 1 is 0.897 bits per heavy atom. The van der Waals surface area contributed by atoms with Gasteiger partial charge in [0.2, 0.25) is 0 Å². The van der Waals surface area contributed by atoms with Crippen LogP contribution in [0.15, 0.2) is 53.6 Å². The van der Waals surface area contributed by atoms with Crippen LogP contribution in [0.4, 0.5) is 4.79 Å². The third-order valence-corrected chi connectivity index (χ3v) is 3.85. The molecule has 6 heteroatoms. The van der Waals surface area contributed by atoms with Gasteiger partial charge in [0.05, 0.1) is 11.8 Å². The SMILES string of the molecule is CC(C)(C)OC(=O)N/N=C/c1ccc(OC(=O)c2ccc(C(C)(C)C)cc2)cc1. The number of amides is 1. The molecule has 2 aromatic rings. The zero-order chi connectivity index (χ0) is 21.7. The second kappa shape index (κ2) is 8.90. The van der Waals surface area contributed by atoms with Crippen LogP contribution in [0.2, 0.25) is 0 Å². The lowest BCUT2D eigenvalue weighted by Crippen LogP contribution is -2.29. The van der Waals surface area contributed by atoms with Crippen molar-refractivity contribution in [3.63, 3.8) is 0 Å². The average molecular weight is 396 g/mol. The van der Waals surface area contributed by atoms with Gasteiger partial charge in [-0.2, -0.15) is 5.10 Å². The van der Waals surface area contributed by atoms with Gasteiger partial charge < -0.3 is 9.47 Å². The van der Waals surface area contributed by atoms with Crippen molar-refractivity contribution in [1.82, 2.24) is 5.43 Å².